The van der Waals surface area contributed by atoms with Crippen molar-refractivity contribution in [3.63, 3.8) is 0 Å². The Balaban J connectivity index is 2.48. The van der Waals surface area contributed by atoms with Gasteiger partial charge in [-0.25, -0.2) is 0 Å². The van der Waals surface area contributed by atoms with Crippen LogP contribution in [0, 0.1) is 0 Å². The van der Waals surface area contributed by atoms with Gasteiger partial charge in [0.15, 0.2) is 0 Å². The van der Waals surface area contributed by atoms with E-state index in [0.717, 1.165) is 5.56 Å². The normalized spacial score (nSPS) is 13.2. The minimum Gasteiger partial charge on any atom is -0.506 e. The molecule has 0 bridgehead atoms. The third-order valence-electron chi connectivity index (χ3n) is 3.06. The van der Waals surface area contributed by atoms with Crippen LogP contribution in [-0.2, 0) is 10.1 Å². The zero-order chi connectivity index (χ0) is 14.0. The van der Waals surface area contributed by atoms with Crippen LogP contribution in [0.15, 0.2) is 53.4 Å². The van der Waals surface area contributed by atoms with Crippen LogP contribution in [0.3, 0.4) is 0 Å². The van der Waals surface area contributed by atoms with Gasteiger partial charge < -0.3 is 5.11 Å². The Kier molecular flexibility index (Phi) is 3.59. The Labute approximate surface area is 112 Å². The molecule has 0 spiro atoms. The lowest BCUT2D eigenvalue weighted by molar-refractivity contribution is 0.443. The van der Waals surface area contributed by atoms with Gasteiger partial charge in [-0.2, -0.15) is 8.42 Å². The maximum absolute atomic E-state index is 11.2. The third kappa shape index (κ3) is 2.94. The second kappa shape index (κ2) is 5.03. The summed E-state index contributed by atoms with van der Waals surface area (Å²) in [4.78, 5) is -0.465. The van der Waals surface area contributed by atoms with Crippen molar-refractivity contribution in [2.75, 3.05) is 0 Å². The first kappa shape index (κ1) is 13.6. The van der Waals surface area contributed by atoms with Crippen molar-refractivity contribution in [3.05, 3.63) is 59.7 Å². The lowest BCUT2D eigenvalue weighted by Crippen LogP contribution is -2.02. The van der Waals surface area contributed by atoms with Gasteiger partial charge in [0.1, 0.15) is 10.6 Å². The van der Waals surface area contributed by atoms with Crippen molar-refractivity contribution in [2.45, 2.75) is 17.7 Å². The average molecular weight is 278 g/mol. The van der Waals surface area contributed by atoms with Crippen LogP contribution in [0.2, 0.25) is 0 Å². The fourth-order valence-electron chi connectivity index (χ4n) is 1.94. The van der Waals surface area contributed by atoms with Gasteiger partial charge in [-0.3, -0.25) is 4.55 Å². The van der Waals surface area contributed by atoms with E-state index >= 15 is 0 Å². The van der Waals surface area contributed by atoms with Crippen molar-refractivity contribution in [1.82, 2.24) is 0 Å². The van der Waals surface area contributed by atoms with Crippen molar-refractivity contribution in [3.8, 4) is 5.75 Å². The van der Waals surface area contributed by atoms with Crippen LogP contribution >= 0.6 is 0 Å². The molecule has 2 rings (SSSR count). The Hall–Kier alpha value is -1.85. The minimum atomic E-state index is -4.42. The van der Waals surface area contributed by atoms with Crippen LogP contribution in [0.25, 0.3) is 0 Å². The van der Waals surface area contributed by atoms with E-state index in [2.05, 4.69) is 0 Å². The van der Waals surface area contributed by atoms with Crippen molar-refractivity contribution in [2.24, 2.45) is 0 Å². The van der Waals surface area contributed by atoms with E-state index in [9.17, 15) is 13.5 Å². The summed E-state index contributed by atoms with van der Waals surface area (Å²) >= 11 is 0. The highest BCUT2D eigenvalue weighted by Gasteiger charge is 2.18. The Morgan fingerprint density at radius 2 is 1.63 bits per heavy atom. The molecular weight excluding hydrogens is 264 g/mol. The molecule has 0 aliphatic rings. The zero-order valence-electron chi connectivity index (χ0n) is 10.3. The number of phenolic OH excluding ortho intramolecular Hbond substituents is 1. The van der Waals surface area contributed by atoms with Crippen LogP contribution in [0.1, 0.15) is 24.0 Å². The second-order valence-corrected chi connectivity index (χ2v) is 5.72. The number of hydrogen-bond acceptors (Lipinski definition) is 3. The van der Waals surface area contributed by atoms with Gasteiger partial charge in [0.05, 0.1) is 0 Å². The topological polar surface area (TPSA) is 74.6 Å². The van der Waals surface area contributed by atoms with E-state index in [4.69, 9.17) is 4.55 Å². The summed E-state index contributed by atoms with van der Waals surface area (Å²) in [6, 6.07) is 13.8. The van der Waals surface area contributed by atoms with Crippen molar-refractivity contribution in [1.29, 1.82) is 0 Å². The van der Waals surface area contributed by atoms with Crippen molar-refractivity contribution >= 4 is 10.1 Å². The van der Waals surface area contributed by atoms with E-state index in [0.29, 0.717) is 5.56 Å². The van der Waals surface area contributed by atoms with Gasteiger partial charge in [0.2, 0.25) is 0 Å². The lowest BCUT2D eigenvalue weighted by atomic mass is 9.93. The maximum Gasteiger partial charge on any atom is 0.298 e. The molecule has 0 fully saturated rings. The molecule has 1 atom stereocenters. The molecule has 5 heteroatoms. The summed E-state index contributed by atoms with van der Waals surface area (Å²) < 4.78 is 31.4. The third-order valence-corrected chi connectivity index (χ3v) is 3.94. The quantitative estimate of drug-likeness (QED) is 0.847. The number of rotatable bonds is 3. The van der Waals surface area contributed by atoms with Gasteiger partial charge >= 0.3 is 0 Å². The van der Waals surface area contributed by atoms with E-state index < -0.39 is 20.8 Å². The van der Waals surface area contributed by atoms with Gasteiger partial charge in [-0.1, -0.05) is 43.3 Å². The SMILES string of the molecule is CC(c1ccccc1)c1ccc(O)c(S(=O)(=O)O)c1. The highest BCUT2D eigenvalue weighted by molar-refractivity contribution is 7.86. The molecule has 0 saturated carbocycles. The standard InChI is InChI=1S/C14H14O4S/c1-10(11-5-3-2-4-6-11)12-7-8-13(15)14(9-12)19(16,17)18/h2-10,15H,1H3,(H,16,17,18). The fraction of sp³-hybridized carbons (Fsp3) is 0.143. The van der Waals surface area contributed by atoms with Crippen LogP contribution < -0.4 is 0 Å². The number of phenols is 1. The first-order chi connectivity index (χ1) is 8.89. The summed E-state index contributed by atoms with van der Waals surface area (Å²) in [6.07, 6.45) is 0. The van der Waals surface area contributed by atoms with Gasteiger partial charge in [-0.05, 0) is 23.3 Å². The van der Waals surface area contributed by atoms with Gasteiger partial charge in [0, 0.05) is 5.92 Å². The molecule has 0 aromatic heterocycles. The highest BCUT2D eigenvalue weighted by atomic mass is 32.2. The predicted octanol–water partition coefficient (Wildman–Crippen LogP) is 2.79. The highest BCUT2D eigenvalue weighted by Crippen LogP contribution is 2.30. The molecule has 0 radical (unpaired) electrons. The van der Waals surface area contributed by atoms with E-state index in [1.165, 1.54) is 12.1 Å². The van der Waals surface area contributed by atoms with E-state index in [-0.39, 0.29) is 5.92 Å². The molecule has 2 N–H and O–H groups in total. The molecule has 0 aliphatic carbocycles. The molecule has 1 unspecified atom stereocenters. The molecule has 0 heterocycles. The van der Waals surface area contributed by atoms with Crippen LogP contribution in [0.5, 0.6) is 5.75 Å². The molecule has 0 aliphatic heterocycles. The average Bonchev–Trinajstić information content (AvgIpc) is 2.38. The summed E-state index contributed by atoms with van der Waals surface area (Å²) in [5.41, 5.74) is 1.73. The summed E-state index contributed by atoms with van der Waals surface area (Å²) in [5, 5.41) is 9.48. The minimum absolute atomic E-state index is 0.0395. The smallest absolute Gasteiger partial charge is 0.298 e. The molecule has 4 nitrogen and oxygen atoms in total. The molecule has 2 aromatic carbocycles. The lowest BCUT2D eigenvalue weighted by Gasteiger charge is -2.13. The van der Waals surface area contributed by atoms with E-state index in [1.807, 2.05) is 37.3 Å². The number of hydrogen-bond donors (Lipinski definition) is 2. The fourth-order valence-corrected chi connectivity index (χ4v) is 2.56. The summed E-state index contributed by atoms with van der Waals surface area (Å²) in [7, 11) is -4.42. The predicted molar refractivity (Wildman–Crippen MR) is 71.9 cm³/mol. The van der Waals surface area contributed by atoms with Gasteiger partial charge in [0.25, 0.3) is 10.1 Å². The first-order valence-corrected chi connectivity index (χ1v) is 7.19. The number of benzene rings is 2. The first-order valence-electron chi connectivity index (χ1n) is 5.75. The Bertz CT molecular complexity index is 678. The zero-order valence-corrected chi connectivity index (χ0v) is 11.1. The molecule has 100 valence electrons. The molecular formula is C14H14O4S. The summed E-state index contributed by atoms with van der Waals surface area (Å²) in [5.74, 6) is -0.492. The van der Waals surface area contributed by atoms with E-state index in [1.54, 1.807) is 6.07 Å². The largest absolute Gasteiger partial charge is 0.506 e. The van der Waals surface area contributed by atoms with Crippen LogP contribution in [-0.4, -0.2) is 18.1 Å². The molecule has 0 amide bonds. The Morgan fingerprint density at radius 1 is 1.00 bits per heavy atom. The Morgan fingerprint density at radius 3 is 2.21 bits per heavy atom. The maximum atomic E-state index is 11.2. The molecule has 2 aromatic rings. The van der Waals surface area contributed by atoms with Crippen LogP contribution in [0.4, 0.5) is 0 Å². The molecule has 0 saturated heterocycles. The monoisotopic (exact) mass is 278 g/mol. The van der Waals surface area contributed by atoms with Crippen molar-refractivity contribution < 1.29 is 18.1 Å². The second-order valence-electron chi connectivity index (χ2n) is 4.33. The molecule has 19 heavy (non-hydrogen) atoms. The van der Waals surface area contributed by atoms with Gasteiger partial charge in [-0.15, -0.1) is 0 Å². The number of aromatic hydroxyl groups is 1. The summed E-state index contributed by atoms with van der Waals surface area (Å²) in [6.45, 7) is 1.93.